The highest BCUT2D eigenvalue weighted by Gasteiger charge is 2.16. The monoisotopic (exact) mass is 274 g/mol. The van der Waals surface area contributed by atoms with Crippen molar-refractivity contribution in [2.24, 2.45) is 10.7 Å². The Morgan fingerprint density at radius 3 is 2.84 bits per heavy atom. The molecule has 0 atom stereocenters. The zero-order valence-electron chi connectivity index (χ0n) is 11.2. The minimum Gasteiger partial charge on any atom is -0.346 e. The number of rotatable bonds is 2. The minimum atomic E-state index is 0.503. The van der Waals surface area contributed by atoms with Crippen molar-refractivity contribution in [1.29, 1.82) is 0 Å². The van der Waals surface area contributed by atoms with E-state index in [9.17, 15) is 0 Å². The lowest BCUT2D eigenvalue weighted by atomic mass is 10.00. The van der Waals surface area contributed by atoms with E-state index in [1.807, 2.05) is 13.1 Å². The third-order valence-corrected chi connectivity index (χ3v) is 3.57. The maximum absolute atomic E-state index is 5.57. The van der Waals surface area contributed by atoms with E-state index in [2.05, 4.69) is 39.6 Å². The number of allylic oxidation sites excluding steroid dienone is 2. The smallest absolute Gasteiger partial charge is 0.127 e. The molecule has 1 aromatic heterocycles. The normalized spacial score (nSPS) is 18.5. The fraction of sp³-hybridized carbons (Fsp3) is 0.286. The second-order valence-corrected chi connectivity index (χ2v) is 4.65. The van der Waals surface area contributed by atoms with Crippen LogP contribution in [-0.4, -0.2) is 17.9 Å². The third-order valence-electron chi connectivity index (χ3n) is 2.70. The number of nitrogens with zero attached hydrogens (tertiary/aromatic N) is 2. The Balaban J connectivity index is 0.000000861. The van der Waals surface area contributed by atoms with Gasteiger partial charge in [0.15, 0.2) is 0 Å². The summed E-state index contributed by atoms with van der Waals surface area (Å²) in [5.41, 5.74) is 8.97. The van der Waals surface area contributed by atoms with Gasteiger partial charge in [-0.1, -0.05) is 6.08 Å². The third kappa shape index (κ3) is 3.53. The Labute approximate surface area is 118 Å². The van der Waals surface area contributed by atoms with E-state index < -0.39 is 0 Å². The van der Waals surface area contributed by atoms with Gasteiger partial charge >= 0.3 is 0 Å². The van der Waals surface area contributed by atoms with Crippen LogP contribution in [0.3, 0.4) is 0 Å². The van der Waals surface area contributed by atoms with Crippen molar-refractivity contribution in [3.8, 4) is 12.8 Å². The zero-order chi connectivity index (χ0) is 14.3. The highest BCUT2D eigenvalue weighted by Crippen LogP contribution is 2.26. The van der Waals surface area contributed by atoms with Crippen LogP contribution >= 0.6 is 11.3 Å². The van der Waals surface area contributed by atoms with Crippen LogP contribution in [0.2, 0.25) is 0 Å². The Morgan fingerprint density at radius 2 is 2.32 bits per heavy atom. The van der Waals surface area contributed by atoms with Crippen molar-refractivity contribution in [1.82, 2.24) is 10.3 Å². The number of nitrogens with two attached hydrogens (primary N) is 1. The van der Waals surface area contributed by atoms with Gasteiger partial charge in [-0.3, -0.25) is 4.99 Å². The first-order valence-electron chi connectivity index (χ1n) is 5.84. The molecule has 5 heteroatoms. The molecular formula is C14H18N4S. The average molecular weight is 274 g/mol. The molecule has 2 heterocycles. The molecule has 3 N–H and O–H groups in total. The molecule has 2 rings (SSSR count). The van der Waals surface area contributed by atoms with Gasteiger partial charge in [0.05, 0.1) is 5.69 Å². The number of amidine groups is 1. The minimum absolute atomic E-state index is 0.503. The summed E-state index contributed by atoms with van der Waals surface area (Å²) >= 11 is 1.60. The molecule has 0 amide bonds. The van der Waals surface area contributed by atoms with E-state index in [0.717, 1.165) is 23.0 Å². The van der Waals surface area contributed by atoms with Gasteiger partial charge in [0, 0.05) is 31.6 Å². The number of nitrogens with one attached hydrogen (secondary N) is 1. The predicted octanol–water partition coefficient (Wildman–Crippen LogP) is 2.16. The molecule has 0 saturated heterocycles. The number of hydrogen-bond donors (Lipinski definition) is 2. The number of aliphatic imine (C=N–C) groups is 1. The van der Waals surface area contributed by atoms with Crippen molar-refractivity contribution < 1.29 is 0 Å². The van der Waals surface area contributed by atoms with Crippen LogP contribution in [-0.2, 0) is 6.54 Å². The number of thiazole rings is 1. The Kier molecular flexibility index (Phi) is 6.00. The molecular weight excluding hydrogens is 256 g/mol. The molecule has 1 aromatic rings. The molecule has 0 bridgehead atoms. The van der Waals surface area contributed by atoms with Gasteiger partial charge in [0.2, 0.25) is 0 Å². The van der Waals surface area contributed by atoms with Gasteiger partial charge in [0.25, 0.3) is 0 Å². The van der Waals surface area contributed by atoms with Crippen LogP contribution in [0, 0.1) is 12.8 Å². The fourth-order valence-corrected chi connectivity index (χ4v) is 2.45. The van der Waals surface area contributed by atoms with E-state index in [-0.39, 0.29) is 0 Å². The van der Waals surface area contributed by atoms with Crippen LogP contribution in [0.15, 0.2) is 28.2 Å². The van der Waals surface area contributed by atoms with Crippen LogP contribution in [0.1, 0.15) is 24.0 Å². The highest BCUT2D eigenvalue weighted by molar-refractivity contribution is 7.09. The molecule has 0 saturated carbocycles. The summed E-state index contributed by atoms with van der Waals surface area (Å²) in [7, 11) is 1.79. The molecule has 0 spiro atoms. The summed E-state index contributed by atoms with van der Waals surface area (Å²) in [6.07, 6.45) is 12.9. The van der Waals surface area contributed by atoms with Gasteiger partial charge < -0.3 is 11.1 Å². The lowest BCUT2D eigenvalue weighted by Gasteiger charge is -2.18. The summed E-state index contributed by atoms with van der Waals surface area (Å²) in [4.78, 5) is 8.69. The van der Waals surface area contributed by atoms with E-state index in [1.165, 1.54) is 11.1 Å². The second kappa shape index (κ2) is 7.52. The topological polar surface area (TPSA) is 63.3 Å². The van der Waals surface area contributed by atoms with Crippen LogP contribution in [0.4, 0.5) is 0 Å². The van der Waals surface area contributed by atoms with Gasteiger partial charge in [-0.25, -0.2) is 4.98 Å². The maximum Gasteiger partial charge on any atom is 0.127 e. The summed E-state index contributed by atoms with van der Waals surface area (Å²) in [5.74, 6) is 0.936. The zero-order valence-corrected chi connectivity index (χ0v) is 12.0. The molecule has 100 valence electrons. The van der Waals surface area contributed by atoms with Gasteiger partial charge in [-0.15, -0.1) is 24.2 Å². The largest absolute Gasteiger partial charge is 0.346 e. The van der Waals surface area contributed by atoms with Crippen molar-refractivity contribution in [2.45, 2.75) is 19.9 Å². The van der Waals surface area contributed by atoms with Crippen molar-refractivity contribution >= 4 is 22.7 Å². The SMILES string of the molecule is C#C.C/C=C1/CC(c2csc(CN)n2)=CNC1=NC. The molecule has 1 aliphatic heterocycles. The van der Waals surface area contributed by atoms with Crippen molar-refractivity contribution in [3.63, 3.8) is 0 Å². The second-order valence-electron chi connectivity index (χ2n) is 3.71. The molecule has 0 radical (unpaired) electrons. The first-order chi connectivity index (χ1) is 9.28. The number of aromatic nitrogens is 1. The predicted molar refractivity (Wildman–Crippen MR) is 82.7 cm³/mol. The maximum atomic E-state index is 5.57. The van der Waals surface area contributed by atoms with Gasteiger partial charge in [-0.05, 0) is 18.1 Å². The summed E-state index contributed by atoms with van der Waals surface area (Å²) in [5, 5.41) is 6.22. The Hall–Kier alpha value is -1.90. The van der Waals surface area contributed by atoms with Gasteiger partial charge in [0.1, 0.15) is 10.8 Å². The van der Waals surface area contributed by atoms with Gasteiger partial charge in [-0.2, -0.15) is 0 Å². The lowest BCUT2D eigenvalue weighted by Crippen LogP contribution is -2.24. The quantitative estimate of drug-likeness (QED) is 0.812. The molecule has 0 aliphatic carbocycles. The van der Waals surface area contributed by atoms with Crippen LogP contribution in [0.25, 0.3) is 5.57 Å². The number of terminal acetylenes is 1. The molecule has 19 heavy (non-hydrogen) atoms. The van der Waals surface area contributed by atoms with E-state index in [0.29, 0.717) is 6.54 Å². The summed E-state index contributed by atoms with van der Waals surface area (Å²) in [6, 6.07) is 0. The fourth-order valence-electron chi connectivity index (χ4n) is 1.75. The van der Waals surface area contributed by atoms with E-state index in [1.54, 1.807) is 18.4 Å². The molecule has 1 aliphatic rings. The van der Waals surface area contributed by atoms with Crippen molar-refractivity contribution in [3.05, 3.63) is 33.9 Å². The summed E-state index contributed by atoms with van der Waals surface area (Å²) in [6.45, 7) is 2.53. The van der Waals surface area contributed by atoms with E-state index >= 15 is 0 Å². The van der Waals surface area contributed by atoms with E-state index in [4.69, 9.17) is 5.73 Å². The first-order valence-corrected chi connectivity index (χ1v) is 6.72. The molecule has 4 nitrogen and oxygen atoms in total. The molecule has 0 unspecified atom stereocenters. The molecule has 0 aromatic carbocycles. The van der Waals surface area contributed by atoms with Crippen molar-refractivity contribution in [2.75, 3.05) is 7.05 Å². The first kappa shape index (κ1) is 15.2. The Morgan fingerprint density at radius 1 is 1.58 bits per heavy atom. The average Bonchev–Trinajstić information content (AvgIpc) is 2.97. The van der Waals surface area contributed by atoms with Crippen LogP contribution < -0.4 is 11.1 Å². The lowest BCUT2D eigenvalue weighted by molar-refractivity contribution is 1.02. The summed E-state index contributed by atoms with van der Waals surface area (Å²) < 4.78 is 0. The number of hydrogen-bond acceptors (Lipinski definition) is 4. The standard InChI is InChI=1S/C12H16N4S.C2H2/c1-3-8-4-9(6-15-12(8)14-2)10-7-17-11(5-13)16-10;1-2/h3,6-7H,4-5,13H2,1-2H3,(H,14,15);1-2H/b8-3-;. The Bertz CT molecular complexity index is 535. The van der Waals surface area contributed by atoms with Crippen LogP contribution in [0.5, 0.6) is 0 Å². The highest BCUT2D eigenvalue weighted by atomic mass is 32.1. The molecule has 0 fully saturated rings.